The van der Waals surface area contributed by atoms with Crippen molar-refractivity contribution in [2.75, 3.05) is 37.6 Å². The van der Waals surface area contributed by atoms with E-state index < -0.39 is 5.97 Å². The fraction of sp³-hybridized carbons (Fsp3) is 0.364. The van der Waals surface area contributed by atoms with E-state index >= 15 is 0 Å². The van der Waals surface area contributed by atoms with E-state index in [1.165, 1.54) is 0 Å². The van der Waals surface area contributed by atoms with Crippen LogP contribution in [0.25, 0.3) is 0 Å². The highest BCUT2D eigenvalue weighted by molar-refractivity contribution is 5.99. The Morgan fingerprint density at radius 1 is 0.929 bits per heavy atom. The van der Waals surface area contributed by atoms with Crippen molar-refractivity contribution in [2.45, 2.75) is 19.0 Å². The molecule has 1 unspecified atom stereocenters. The first-order valence-corrected chi connectivity index (χ1v) is 9.77. The molecule has 0 bridgehead atoms. The van der Waals surface area contributed by atoms with Crippen LogP contribution in [0.5, 0.6) is 0 Å². The molecule has 4 rings (SSSR count). The maximum absolute atomic E-state index is 12.9. The van der Waals surface area contributed by atoms with Crippen molar-refractivity contribution in [1.29, 1.82) is 0 Å². The second-order valence-corrected chi connectivity index (χ2v) is 7.44. The number of anilines is 1. The van der Waals surface area contributed by atoms with Crippen molar-refractivity contribution in [1.82, 2.24) is 9.80 Å². The molecule has 28 heavy (non-hydrogen) atoms. The minimum absolute atomic E-state index is 0.0165. The first kappa shape index (κ1) is 18.7. The molecule has 0 aromatic heterocycles. The molecule has 0 saturated carbocycles. The Bertz CT molecular complexity index is 830. The third-order valence-electron chi connectivity index (χ3n) is 5.70. The average molecular weight is 379 g/mol. The van der Waals surface area contributed by atoms with E-state index in [-0.39, 0.29) is 11.9 Å². The predicted octanol–water partition coefficient (Wildman–Crippen LogP) is 2.31. The highest BCUT2D eigenvalue weighted by Gasteiger charge is 2.37. The Kier molecular flexibility index (Phi) is 5.41. The van der Waals surface area contributed by atoms with Crippen LogP contribution in [0.1, 0.15) is 22.3 Å². The van der Waals surface area contributed by atoms with Gasteiger partial charge in [-0.25, -0.2) is 4.79 Å². The van der Waals surface area contributed by atoms with Gasteiger partial charge in [-0.2, -0.15) is 0 Å². The molecule has 2 saturated heterocycles. The third kappa shape index (κ3) is 3.93. The molecule has 1 amide bonds. The number of hydrogen-bond donors (Lipinski definition) is 1. The lowest BCUT2D eigenvalue weighted by Gasteiger charge is -2.37. The van der Waals surface area contributed by atoms with Crippen LogP contribution in [0.2, 0.25) is 0 Å². The summed E-state index contributed by atoms with van der Waals surface area (Å²) in [4.78, 5) is 30.4. The summed E-state index contributed by atoms with van der Waals surface area (Å²) in [6, 6.07) is 17.0. The Morgan fingerprint density at radius 3 is 2.25 bits per heavy atom. The topological polar surface area (TPSA) is 64.1 Å². The van der Waals surface area contributed by atoms with E-state index in [0.717, 1.165) is 56.9 Å². The van der Waals surface area contributed by atoms with Crippen LogP contribution >= 0.6 is 0 Å². The molecule has 6 nitrogen and oxygen atoms in total. The number of aromatic carboxylic acids is 1. The summed E-state index contributed by atoms with van der Waals surface area (Å²) in [5.41, 5.74) is 2.42. The van der Waals surface area contributed by atoms with E-state index in [9.17, 15) is 9.59 Å². The van der Waals surface area contributed by atoms with Gasteiger partial charge in [-0.15, -0.1) is 0 Å². The predicted molar refractivity (Wildman–Crippen MR) is 107 cm³/mol. The molecular weight excluding hydrogens is 354 g/mol. The molecule has 2 fully saturated rings. The monoisotopic (exact) mass is 379 g/mol. The Labute approximate surface area is 165 Å². The normalized spacial score (nSPS) is 21.2. The molecule has 2 aromatic rings. The molecule has 1 atom stereocenters. The quantitative estimate of drug-likeness (QED) is 0.864. The number of hydrogen-bond acceptors (Lipinski definition) is 4. The van der Waals surface area contributed by atoms with Gasteiger partial charge in [-0.05, 0) is 36.2 Å². The Hall–Kier alpha value is -2.70. The van der Waals surface area contributed by atoms with Crippen molar-refractivity contribution in [2.24, 2.45) is 0 Å². The van der Waals surface area contributed by atoms with Gasteiger partial charge in [0.05, 0.1) is 11.6 Å². The van der Waals surface area contributed by atoms with E-state index in [2.05, 4.69) is 9.80 Å². The molecule has 2 heterocycles. The molecular formula is C22H25N3O3. The number of rotatable bonds is 5. The zero-order valence-corrected chi connectivity index (χ0v) is 15.8. The van der Waals surface area contributed by atoms with Gasteiger partial charge in [0.15, 0.2) is 0 Å². The van der Waals surface area contributed by atoms with E-state index in [0.29, 0.717) is 5.56 Å². The summed E-state index contributed by atoms with van der Waals surface area (Å²) < 4.78 is 0. The fourth-order valence-corrected chi connectivity index (χ4v) is 4.11. The summed E-state index contributed by atoms with van der Waals surface area (Å²) in [6.07, 6.45) is 0.879. The van der Waals surface area contributed by atoms with Crippen LogP contribution in [0.3, 0.4) is 0 Å². The average Bonchev–Trinajstić information content (AvgIpc) is 3.11. The number of carbonyl (C=O) groups is 2. The summed E-state index contributed by atoms with van der Waals surface area (Å²) >= 11 is 0. The molecule has 146 valence electrons. The highest BCUT2D eigenvalue weighted by atomic mass is 16.4. The Balaban J connectivity index is 1.31. The van der Waals surface area contributed by atoms with Crippen LogP contribution in [0.15, 0.2) is 54.6 Å². The van der Waals surface area contributed by atoms with Crippen LogP contribution in [-0.4, -0.2) is 65.5 Å². The second-order valence-electron chi connectivity index (χ2n) is 7.44. The van der Waals surface area contributed by atoms with Gasteiger partial charge in [0.1, 0.15) is 0 Å². The van der Waals surface area contributed by atoms with Crippen molar-refractivity contribution >= 4 is 17.6 Å². The SMILES string of the molecule is O=C(O)c1ccc(CN2CCN(C3CCN(c4ccccc4)C3=O)CC2)cc1. The molecule has 2 aliphatic heterocycles. The zero-order chi connectivity index (χ0) is 19.5. The van der Waals surface area contributed by atoms with E-state index in [4.69, 9.17) is 5.11 Å². The maximum atomic E-state index is 12.9. The van der Waals surface area contributed by atoms with E-state index in [1.807, 2.05) is 47.4 Å². The first-order valence-electron chi connectivity index (χ1n) is 9.77. The molecule has 2 aliphatic rings. The van der Waals surface area contributed by atoms with Crippen LogP contribution in [0.4, 0.5) is 5.69 Å². The lowest BCUT2D eigenvalue weighted by molar-refractivity contribution is -0.122. The second kappa shape index (κ2) is 8.12. The molecule has 2 aromatic carbocycles. The van der Waals surface area contributed by atoms with Gasteiger partial charge in [0.25, 0.3) is 0 Å². The number of para-hydroxylation sites is 1. The lowest BCUT2D eigenvalue weighted by atomic mass is 10.1. The van der Waals surface area contributed by atoms with Crippen LogP contribution in [0, 0.1) is 0 Å². The van der Waals surface area contributed by atoms with Gasteiger partial charge in [0.2, 0.25) is 5.91 Å². The molecule has 6 heteroatoms. The molecule has 1 N–H and O–H groups in total. The minimum atomic E-state index is -0.897. The number of amides is 1. The number of carboxylic acids is 1. The van der Waals surface area contributed by atoms with Crippen LogP contribution < -0.4 is 4.90 Å². The zero-order valence-electron chi connectivity index (χ0n) is 15.8. The number of nitrogens with zero attached hydrogens (tertiary/aromatic N) is 3. The number of piperazine rings is 1. The smallest absolute Gasteiger partial charge is 0.335 e. The van der Waals surface area contributed by atoms with E-state index in [1.54, 1.807) is 12.1 Å². The fourth-order valence-electron chi connectivity index (χ4n) is 4.11. The van der Waals surface area contributed by atoms with Gasteiger partial charge in [0, 0.05) is 45.0 Å². The lowest BCUT2D eigenvalue weighted by Crippen LogP contribution is -2.52. The number of carboxylic acid groups (broad SMARTS) is 1. The molecule has 0 aliphatic carbocycles. The standard InChI is InChI=1S/C22H25N3O3/c26-21-20(10-11-25(21)19-4-2-1-3-5-19)24-14-12-23(13-15-24)16-17-6-8-18(9-7-17)22(27)28/h1-9,20H,10-16H2,(H,27,28). The summed E-state index contributed by atoms with van der Waals surface area (Å²) in [5.74, 6) is -0.685. The van der Waals surface area contributed by atoms with Gasteiger partial charge in [-0.3, -0.25) is 14.6 Å². The maximum Gasteiger partial charge on any atom is 0.335 e. The highest BCUT2D eigenvalue weighted by Crippen LogP contribution is 2.25. The Morgan fingerprint density at radius 2 is 1.61 bits per heavy atom. The minimum Gasteiger partial charge on any atom is -0.478 e. The van der Waals surface area contributed by atoms with Crippen molar-refractivity contribution in [3.63, 3.8) is 0 Å². The largest absolute Gasteiger partial charge is 0.478 e. The first-order chi connectivity index (χ1) is 13.6. The summed E-state index contributed by atoms with van der Waals surface area (Å²) in [5, 5.41) is 9.00. The summed E-state index contributed by atoms with van der Waals surface area (Å²) in [6.45, 7) is 5.18. The van der Waals surface area contributed by atoms with Gasteiger partial charge < -0.3 is 10.0 Å². The number of benzene rings is 2. The van der Waals surface area contributed by atoms with Crippen molar-refractivity contribution in [3.05, 3.63) is 65.7 Å². The summed E-state index contributed by atoms with van der Waals surface area (Å²) in [7, 11) is 0. The van der Waals surface area contributed by atoms with Gasteiger partial charge in [-0.1, -0.05) is 30.3 Å². The third-order valence-corrected chi connectivity index (χ3v) is 5.70. The van der Waals surface area contributed by atoms with Crippen molar-refractivity contribution in [3.8, 4) is 0 Å². The molecule has 0 spiro atoms. The number of carbonyl (C=O) groups excluding carboxylic acids is 1. The van der Waals surface area contributed by atoms with Crippen molar-refractivity contribution < 1.29 is 14.7 Å². The van der Waals surface area contributed by atoms with Gasteiger partial charge >= 0.3 is 5.97 Å². The molecule has 0 radical (unpaired) electrons. The van der Waals surface area contributed by atoms with Crippen LogP contribution in [-0.2, 0) is 11.3 Å².